The van der Waals surface area contributed by atoms with Gasteiger partial charge in [-0.15, -0.1) is 0 Å². The molecule has 4 nitrogen and oxygen atoms in total. The summed E-state index contributed by atoms with van der Waals surface area (Å²) < 4.78 is 5.42. The topological polar surface area (TPSA) is 49.8 Å². The van der Waals surface area contributed by atoms with Crippen LogP contribution in [-0.4, -0.2) is 35.8 Å². The van der Waals surface area contributed by atoms with E-state index in [2.05, 4.69) is 0 Å². The van der Waals surface area contributed by atoms with Gasteiger partial charge in [0.05, 0.1) is 12.2 Å². The molecule has 1 aromatic carbocycles. The van der Waals surface area contributed by atoms with E-state index < -0.39 is 11.0 Å². The first-order valence-corrected chi connectivity index (χ1v) is 8.73. The maximum Gasteiger partial charge on any atom is 0.409 e. The van der Waals surface area contributed by atoms with Crippen LogP contribution in [0.2, 0.25) is 5.02 Å². The fraction of sp³-hybridized carbons (Fsp3) is 0.632. The molecule has 0 saturated carbocycles. The molecule has 5 heteroatoms. The van der Waals surface area contributed by atoms with Crippen molar-refractivity contribution in [3.05, 3.63) is 34.9 Å². The highest BCUT2D eigenvalue weighted by Gasteiger charge is 2.49. The molecule has 1 aromatic rings. The van der Waals surface area contributed by atoms with Gasteiger partial charge in [-0.05, 0) is 29.5 Å². The second kappa shape index (κ2) is 6.57. The van der Waals surface area contributed by atoms with Crippen molar-refractivity contribution in [3.63, 3.8) is 0 Å². The second-order valence-corrected chi connectivity index (χ2v) is 8.97. The van der Waals surface area contributed by atoms with Crippen LogP contribution in [0.4, 0.5) is 4.79 Å². The molecule has 0 spiro atoms. The third-order valence-corrected chi connectivity index (χ3v) is 4.91. The number of likely N-dealkylation sites (tertiary alicyclic amines) is 1. The zero-order chi connectivity index (χ0) is 18.2. The maximum atomic E-state index is 12.3. The van der Waals surface area contributed by atoms with E-state index in [1.54, 1.807) is 17.0 Å². The van der Waals surface area contributed by atoms with E-state index in [1.165, 1.54) is 0 Å². The minimum Gasteiger partial charge on any atom is -0.449 e. The van der Waals surface area contributed by atoms with Gasteiger partial charge in [0.1, 0.15) is 0 Å². The molecule has 0 aromatic heterocycles. The summed E-state index contributed by atoms with van der Waals surface area (Å²) in [6.07, 6.45) is 0.155. The molecule has 1 fully saturated rings. The number of nitrogens with zero attached hydrogens (tertiary/aromatic N) is 1. The number of ether oxygens (including phenoxy) is 1. The minimum absolute atomic E-state index is 0.0645. The van der Waals surface area contributed by atoms with Gasteiger partial charge in [0.25, 0.3) is 0 Å². The van der Waals surface area contributed by atoms with E-state index in [4.69, 9.17) is 16.3 Å². The largest absolute Gasteiger partial charge is 0.449 e. The van der Waals surface area contributed by atoms with Gasteiger partial charge in [-0.25, -0.2) is 4.79 Å². The third kappa shape index (κ3) is 4.04. The van der Waals surface area contributed by atoms with Gasteiger partial charge in [0, 0.05) is 23.5 Å². The van der Waals surface area contributed by atoms with Crippen molar-refractivity contribution in [2.45, 2.75) is 46.6 Å². The normalized spacial score (nSPS) is 23.9. The Morgan fingerprint density at radius 3 is 2.38 bits per heavy atom. The standard InChI is InChI=1S/C19H28ClNO3/c1-17(2,3)13-24-16(22)21-11-10-19(23,18(4,5)12-21)14-6-8-15(20)9-7-14/h6-9,23H,10-13H2,1-5H3. The number of carbonyl (C=O) groups excluding carboxylic acids is 1. The van der Waals surface area contributed by atoms with Crippen LogP contribution in [0, 0.1) is 10.8 Å². The Balaban J connectivity index is 2.11. The van der Waals surface area contributed by atoms with Crippen LogP contribution in [0.3, 0.4) is 0 Å². The number of rotatable bonds is 2. The number of halogens is 1. The van der Waals surface area contributed by atoms with Crippen LogP contribution in [0.15, 0.2) is 24.3 Å². The van der Waals surface area contributed by atoms with Crippen LogP contribution in [0.25, 0.3) is 0 Å². The van der Waals surface area contributed by atoms with Crippen molar-refractivity contribution in [1.82, 2.24) is 4.90 Å². The van der Waals surface area contributed by atoms with Gasteiger partial charge < -0.3 is 14.7 Å². The van der Waals surface area contributed by atoms with Crippen molar-refractivity contribution in [2.24, 2.45) is 10.8 Å². The van der Waals surface area contributed by atoms with Crippen LogP contribution < -0.4 is 0 Å². The van der Waals surface area contributed by atoms with Crippen molar-refractivity contribution >= 4 is 17.7 Å². The van der Waals surface area contributed by atoms with Crippen LogP contribution >= 0.6 is 11.6 Å². The molecule has 1 N–H and O–H groups in total. The summed E-state index contributed by atoms with van der Waals surface area (Å²) >= 11 is 5.95. The molecular weight excluding hydrogens is 326 g/mol. The predicted molar refractivity (Wildman–Crippen MR) is 96.1 cm³/mol. The Morgan fingerprint density at radius 2 is 1.88 bits per heavy atom. The first-order chi connectivity index (χ1) is 10.9. The third-order valence-electron chi connectivity index (χ3n) is 4.66. The highest BCUT2D eigenvalue weighted by atomic mass is 35.5. The first kappa shape index (κ1) is 19.1. The second-order valence-electron chi connectivity index (χ2n) is 8.54. The van der Waals surface area contributed by atoms with E-state index in [1.807, 2.05) is 46.8 Å². The Hall–Kier alpha value is -1.26. The summed E-state index contributed by atoms with van der Waals surface area (Å²) in [5.41, 5.74) is -0.733. The number of benzene rings is 1. The average Bonchev–Trinajstić information content (AvgIpc) is 2.47. The summed E-state index contributed by atoms with van der Waals surface area (Å²) in [5, 5.41) is 11.9. The zero-order valence-corrected chi connectivity index (χ0v) is 16.0. The van der Waals surface area contributed by atoms with E-state index >= 15 is 0 Å². The molecule has 1 unspecified atom stereocenters. The van der Waals surface area contributed by atoms with Crippen molar-refractivity contribution in [2.75, 3.05) is 19.7 Å². The summed E-state index contributed by atoms with van der Waals surface area (Å²) in [4.78, 5) is 14.0. The Kier molecular flexibility index (Phi) is 5.22. The molecular formula is C19H28ClNO3. The fourth-order valence-electron chi connectivity index (χ4n) is 3.11. The number of aliphatic hydroxyl groups is 1. The SMILES string of the molecule is CC(C)(C)COC(=O)N1CCC(O)(c2ccc(Cl)cc2)C(C)(C)C1. The van der Waals surface area contributed by atoms with Gasteiger partial charge in [-0.3, -0.25) is 0 Å². The molecule has 1 heterocycles. The Bertz CT molecular complexity index is 592. The number of piperidine rings is 1. The number of hydrogen-bond donors (Lipinski definition) is 1. The smallest absolute Gasteiger partial charge is 0.409 e. The lowest BCUT2D eigenvalue weighted by Crippen LogP contribution is -2.56. The summed E-state index contributed by atoms with van der Waals surface area (Å²) in [7, 11) is 0. The lowest BCUT2D eigenvalue weighted by Gasteiger charge is -2.50. The highest BCUT2D eigenvalue weighted by molar-refractivity contribution is 6.30. The summed E-state index contributed by atoms with van der Waals surface area (Å²) in [6, 6.07) is 7.29. The quantitative estimate of drug-likeness (QED) is 0.854. The van der Waals surface area contributed by atoms with Gasteiger partial charge in [-0.1, -0.05) is 58.4 Å². The van der Waals surface area contributed by atoms with E-state index in [0.29, 0.717) is 31.1 Å². The lowest BCUT2D eigenvalue weighted by molar-refractivity contribution is -0.121. The summed E-state index contributed by atoms with van der Waals surface area (Å²) in [6.45, 7) is 11.3. The zero-order valence-electron chi connectivity index (χ0n) is 15.2. The van der Waals surface area contributed by atoms with Crippen molar-refractivity contribution in [3.8, 4) is 0 Å². The minimum atomic E-state index is -1.00. The van der Waals surface area contributed by atoms with Gasteiger partial charge in [-0.2, -0.15) is 0 Å². The van der Waals surface area contributed by atoms with E-state index in [0.717, 1.165) is 5.56 Å². The monoisotopic (exact) mass is 353 g/mol. The molecule has 2 rings (SSSR count). The van der Waals surface area contributed by atoms with Crippen molar-refractivity contribution in [1.29, 1.82) is 0 Å². The van der Waals surface area contributed by atoms with Crippen LogP contribution in [0.5, 0.6) is 0 Å². The number of carbonyl (C=O) groups is 1. The predicted octanol–water partition coefficient (Wildman–Crippen LogP) is 4.44. The molecule has 1 atom stereocenters. The average molecular weight is 354 g/mol. The molecule has 1 aliphatic heterocycles. The van der Waals surface area contributed by atoms with Crippen LogP contribution in [-0.2, 0) is 10.3 Å². The molecule has 0 bridgehead atoms. The molecule has 0 radical (unpaired) electrons. The molecule has 0 aliphatic carbocycles. The number of hydrogen-bond acceptors (Lipinski definition) is 3. The van der Waals surface area contributed by atoms with Gasteiger partial charge >= 0.3 is 6.09 Å². The summed E-state index contributed by atoms with van der Waals surface area (Å²) in [5.74, 6) is 0. The molecule has 134 valence electrons. The molecule has 1 aliphatic rings. The highest BCUT2D eigenvalue weighted by Crippen LogP contribution is 2.46. The van der Waals surface area contributed by atoms with Gasteiger partial charge in [0.15, 0.2) is 0 Å². The Morgan fingerprint density at radius 1 is 1.29 bits per heavy atom. The maximum absolute atomic E-state index is 12.3. The molecule has 1 saturated heterocycles. The van der Waals surface area contributed by atoms with Gasteiger partial charge in [0.2, 0.25) is 0 Å². The molecule has 1 amide bonds. The van der Waals surface area contributed by atoms with E-state index in [9.17, 15) is 9.90 Å². The Labute approximate surface area is 149 Å². The van der Waals surface area contributed by atoms with E-state index in [-0.39, 0.29) is 11.5 Å². The number of amides is 1. The van der Waals surface area contributed by atoms with Crippen molar-refractivity contribution < 1.29 is 14.6 Å². The first-order valence-electron chi connectivity index (χ1n) is 8.35. The molecule has 24 heavy (non-hydrogen) atoms. The van der Waals surface area contributed by atoms with Crippen LogP contribution in [0.1, 0.15) is 46.6 Å². The lowest BCUT2D eigenvalue weighted by atomic mass is 9.66. The fourth-order valence-corrected chi connectivity index (χ4v) is 3.23.